The second-order valence-corrected chi connectivity index (χ2v) is 7.19. The van der Waals surface area contributed by atoms with Gasteiger partial charge in [0, 0.05) is 18.2 Å². The predicted octanol–water partition coefficient (Wildman–Crippen LogP) is 3.60. The van der Waals surface area contributed by atoms with Gasteiger partial charge < -0.3 is 5.32 Å². The number of thioether (sulfide) groups is 1. The number of aromatic nitrogens is 1. The standard InChI is InChI=1S/C14H17N3O3S2/c1-3-4-9(2)15-13(18)8-21-14-16-11-6-5-10(17(19)20)7-12(11)22-14/h5-7,9H,3-4,8H2,1-2H3,(H,15,18)/t9-/m1/s1. The van der Waals surface area contributed by atoms with Gasteiger partial charge >= 0.3 is 0 Å². The summed E-state index contributed by atoms with van der Waals surface area (Å²) >= 11 is 2.72. The van der Waals surface area contributed by atoms with Crippen molar-refractivity contribution in [3.63, 3.8) is 0 Å². The van der Waals surface area contributed by atoms with Crippen molar-refractivity contribution in [2.45, 2.75) is 37.1 Å². The van der Waals surface area contributed by atoms with Crippen LogP contribution in [0.5, 0.6) is 0 Å². The van der Waals surface area contributed by atoms with Crippen LogP contribution in [0.2, 0.25) is 0 Å². The van der Waals surface area contributed by atoms with Gasteiger partial charge in [0.1, 0.15) is 0 Å². The summed E-state index contributed by atoms with van der Waals surface area (Å²) in [5, 5.41) is 13.7. The van der Waals surface area contributed by atoms with Crippen LogP contribution in [-0.4, -0.2) is 27.6 Å². The highest BCUT2D eigenvalue weighted by Crippen LogP contribution is 2.31. The summed E-state index contributed by atoms with van der Waals surface area (Å²) in [6.45, 7) is 4.07. The molecule has 0 bridgehead atoms. The Labute approximate surface area is 136 Å². The normalized spacial score (nSPS) is 12.3. The second-order valence-electron chi connectivity index (χ2n) is 4.93. The number of nitrogens with one attached hydrogen (secondary N) is 1. The molecule has 0 fully saturated rings. The first-order valence-corrected chi connectivity index (χ1v) is 8.77. The summed E-state index contributed by atoms with van der Waals surface area (Å²) in [6.07, 6.45) is 1.99. The van der Waals surface area contributed by atoms with Crippen molar-refractivity contribution in [3.8, 4) is 0 Å². The van der Waals surface area contributed by atoms with E-state index in [-0.39, 0.29) is 17.6 Å². The molecule has 8 heteroatoms. The van der Waals surface area contributed by atoms with Gasteiger partial charge in [-0.3, -0.25) is 14.9 Å². The van der Waals surface area contributed by atoms with Crippen molar-refractivity contribution >= 4 is 44.9 Å². The zero-order valence-corrected chi connectivity index (χ0v) is 14.0. The highest BCUT2D eigenvalue weighted by molar-refractivity contribution is 8.01. The molecule has 1 N–H and O–H groups in total. The molecule has 22 heavy (non-hydrogen) atoms. The van der Waals surface area contributed by atoms with Crippen LogP contribution in [0, 0.1) is 10.1 Å². The number of fused-ring (bicyclic) bond motifs is 1. The molecular weight excluding hydrogens is 322 g/mol. The summed E-state index contributed by atoms with van der Waals surface area (Å²) in [7, 11) is 0. The molecule has 0 unspecified atom stereocenters. The van der Waals surface area contributed by atoms with Crippen molar-refractivity contribution in [3.05, 3.63) is 28.3 Å². The lowest BCUT2D eigenvalue weighted by atomic mass is 10.2. The number of amides is 1. The molecule has 0 aliphatic carbocycles. The zero-order valence-electron chi connectivity index (χ0n) is 12.4. The molecule has 1 aromatic heterocycles. The van der Waals surface area contributed by atoms with Crippen LogP contribution in [0.3, 0.4) is 0 Å². The van der Waals surface area contributed by atoms with Gasteiger partial charge in [0.2, 0.25) is 5.91 Å². The SMILES string of the molecule is CCC[C@@H](C)NC(=O)CSc1nc2ccc([N+](=O)[O-])cc2s1. The Hall–Kier alpha value is -1.67. The van der Waals surface area contributed by atoms with Crippen LogP contribution in [0.4, 0.5) is 5.69 Å². The largest absolute Gasteiger partial charge is 0.353 e. The average Bonchev–Trinajstić information content (AvgIpc) is 2.87. The Morgan fingerprint density at radius 1 is 1.55 bits per heavy atom. The number of hydrogen-bond acceptors (Lipinski definition) is 6. The Morgan fingerprint density at radius 2 is 2.32 bits per heavy atom. The van der Waals surface area contributed by atoms with Gasteiger partial charge in [-0.1, -0.05) is 25.1 Å². The number of rotatable bonds is 7. The molecule has 1 aromatic carbocycles. The van der Waals surface area contributed by atoms with E-state index in [1.807, 2.05) is 6.92 Å². The van der Waals surface area contributed by atoms with Gasteiger partial charge in [-0.2, -0.15) is 0 Å². The second kappa shape index (κ2) is 7.55. The van der Waals surface area contributed by atoms with Crippen molar-refractivity contribution in [2.75, 3.05) is 5.75 Å². The molecule has 118 valence electrons. The van der Waals surface area contributed by atoms with Gasteiger partial charge in [-0.15, -0.1) is 11.3 Å². The first-order chi connectivity index (χ1) is 10.5. The van der Waals surface area contributed by atoms with Gasteiger partial charge in [0.15, 0.2) is 4.34 Å². The molecule has 0 spiro atoms. The first-order valence-electron chi connectivity index (χ1n) is 6.96. The summed E-state index contributed by atoms with van der Waals surface area (Å²) in [6, 6.07) is 4.77. The van der Waals surface area contributed by atoms with Gasteiger partial charge in [0.05, 0.1) is 20.9 Å². The number of non-ortho nitro benzene ring substituents is 1. The van der Waals surface area contributed by atoms with E-state index < -0.39 is 4.92 Å². The topological polar surface area (TPSA) is 85.1 Å². The molecule has 1 atom stereocenters. The lowest BCUT2D eigenvalue weighted by Crippen LogP contribution is -2.33. The molecule has 2 rings (SSSR count). The van der Waals surface area contributed by atoms with E-state index in [1.165, 1.54) is 35.2 Å². The smallest absolute Gasteiger partial charge is 0.270 e. The highest BCUT2D eigenvalue weighted by Gasteiger charge is 2.12. The molecule has 0 saturated heterocycles. The van der Waals surface area contributed by atoms with Gasteiger partial charge in [-0.25, -0.2) is 4.98 Å². The Morgan fingerprint density at radius 3 is 3.00 bits per heavy atom. The lowest BCUT2D eigenvalue weighted by Gasteiger charge is -2.11. The molecule has 1 amide bonds. The minimum Gasteiger partial charge on any atom is -0.353 e. The molecular formula is C14H17N3O3S2. The van der Waals surface area contributed by atoms with E-state index in [9.17, 15) is 14.9 Å². The minimum atomic E-state index is -0.422. The number of nitro groups is 1. The maximum atomic E-state index is 11.8. The molecule has 0 aliphatic rings. The van der Waals surface area contributed by atoms with Gasteiger partial charge in [0.25, 0.3) is 5.69 Å². The molecule has 0 saturated carbocycles. The van der Waals surface area contributed by atoms with Crippen LogP contribution < -0.4 is 5.32 Å². The number of carbonyl (C=O) groups excluding carboxylic acids is 1. The minimum absolute atomic E-state index is 0.0174. The third kappa shape index (κ3) is 4.41. The fraction of sp³-hybridized carbons (Fsp3) is 0.429. The van der Waals surface area contributed by atoms with E-state index in [4.69, 9.17) is 0 Å². The number of hydrogen-bond donors (Lipinski definition) is 1. The Balaban J connectivity index is 1.97. The molecule has 0 radical (unpaired) electrons. The van der Waals surface area contributed by atoms with Crippen molar-refractivity contribution < 1.29 is 9.72 Å². The van der Waals surface area contributed by atoms with Crippen molar-refractivity contribution in [1.29, 1.82) is 0 Å². The first kappa shape index (κ1) is 16.7. The molecule has 6 nitrogen and oxygen atoms in total. The van der Waals surface area contributed by atoms with E-state index in [1.54, 1.807) is 6.07 Å². The lowest BCUT2D eigenvalue weighted by molar-refractivity contribution is -0.384. The fourth-order valence-corrected chi connectivity index (χ4v) is 3.93. The number of nitrogens with zero attached hydrogens (tertiary/aromatic N) is 2. The Kier molecular flexibility index (Phi) is 5.73. The summed E-state index contributed by atoms with van der Waals surface area (Å²) in [5.41, 5.74) is 0.775. The zero-order chi connectivity index (χ0) is 16.1. The quantitative estimate of drug-likeness (QED) is 0.473. The highest BCUT2D eigenvalue weighted by atomic mass is 32.2. The van der Waals surface area contributed by atoms with Crippen LogP contribution in [0.25, 0.3) is 10.2 Å². The summed E-state index contributed by atoms with van der Waals surface area (Å²) < 4.78 is 1.50. The number of benzene rings is 1. The van der Waals surface area contributed by atoms with Crippen molar-refractivity contribution in [2.24, 2.45) is 0 Å². The third-order valence-corrected chi connectivity index (χ3v) is 5.18. The predicted molar refractivity (Wildman–Crippen MR) is 89.5 cm³/mol. The molecule has 0 aliphatic heterocycles. The van der Waals surface area contributed by atoms with E-state index in [0.29, 0.717) is 5.75 Å². The van der Waals surface area contributed by atoms with Crippen LogP contribution in [0.15, 0.2) is 22.5 Å². The van der Waals surface area contributed by atoms with Crippen LogP contribution in [0.1, 0.15) is 26.7 Å². The van der Waals surface area contributed by atoms with E-state index >= 15 is 0 Å². The summed E-state index contributed by atoms with van der Waals surface area (Å²) in [4.78, 5) is 26.5. The van der Waals surface area contributed by atoms with Crippen LogP contribution in [-0.2, 0) is 4.79 Å². The summed E-state index contributed by atoms with van der Waals surface area (Å²) in [5.74, 6) is 0.284. The van der Waals surface area contributed by atoms with E-state index in [2.05, 4.69) is 17.2 Å². The van der Waals surface area contributed by atoms with Crippen LogP contribution >= 0.6 is 23.1 Å². The van der Waals surface area contributed by atoms with E-state index in [0.717, 1.165) is 27.4 Å². The number of nitro benzene ring substituents is 1. The molecule has 2 aromatic rings. The number of thiazole rings is 1. The van der Waals surface area contributed by atoms with Gasteiger partial charge in [-0.05, 0) is 19.4 Å². The maximum absolute atomic E-state index is 11.8. The average molecular weight is 339 g/mol. The third-order valence-electron chi connectivity index (χ3n) is 3.02. The maximum Gasteiger partial charge on any atom is 0.270 e. The molecule has 1 heterocycles. The van der Waals surface area contributed by atoms with Crippen molar-refractivity contribution in [1.82, 2.24) is 10.3 Å². The number of carbonyl (C=O) groups is 1. The Bertz CT molecular complexity index is 687. The fourth-order valence-electron chi connectivity index (χ4n) is 2.02. The monoisotopic (exact) mass is 339 g/mol.